The first-order valence-corrected chi connectivity index (χ1v) is 10.6. The van der Waals surface area contributed by atoms with E-state index in [2.05, 4.69) is 72.9 Å². The SMILES string of the molecule is Cc1ccc([C@H]([NH2+]Cc2cc(=O)oc3ccc4ccccc4c23)c2ccccc2)cc1. The fourth-order valence-corrected chi connectivity index (χ4v) is 4.32. The number of benzene rings is 4. The van der Waals surface area contributed by atoms with Gasteiger partial charge in [0.15, 0.2) is 0 Å². The first kappa shape index (κ1) is 19.3. The van der Waals surface area contributed by atoms with Crippen LogP contribution >= 0.6 is 0 Å². The zero-order valence-electron chi connectivity index (χ0n) is 17.4. The van der Waals surface area contributed by atoms with Crippen molar-refractivity contribution in [2.24, 2.45) is 0 Å². The van der Waals surface area contributed by atoms with Crippen molar-refractivity contribution in [3.63, 3.8) is 0 Å². The van der Waals surface area contributed by atoms with Crippen molar-refractivity contribution in [2.75, 3.05) is 0 Å². The van der Waals surface area contributed by atoms with E-state index < -0.39 is 0 Å². The molecule has 4 aromatic carbocycles. The molecule has 0 unspecified atom stereocenters. The van der Waals surface area contributed by atoms with Gasteiger partial charge in [0, 0.05) is 28.1 Å². The Bertz CT molecular complexity index is 1400. The number of hydrogen-bond acceptors (Lipinski definition) is 2. The number of fused-ring (bicyclic) bond motifs is 3. The molecule has 5 aromatic rings. The third kappa shape index (κ3) is 3.88. The predicted molar refractivity (Wildman–Crippen MR) is 125 cm³/mol. The molecule has 0 aliphatic rings. The first-order chi connectivity index (χ1) is 15.2. The Morgan fingerprint density at radius 2 is 1.52 bits per heavy atom. The van der Waals surface area contributed by atoms with E-state index in [4.69, 9.17) is 4.42 Å². The Hall–Kier alpha value is -3.69. The molecule has 1 aromatic heterocycles. The molecule has 2 N–H and O–H groups in total. The van der Waals surface area contributed by atoms with E-state index in [0.29, 0.717) is 12.1 Å². The minimum absolute atomic E-state index is 0.138. The van der Waals surface area contributed by atoms with E-state index in [1.165, 1.54) is 16.7 Å². The molecular formula is C28H24NO2+. The topological polar surface area (TPSA) is 46.8 Å². The van der Waals surface area contributed by atoms with Crippen molar-refractivity contribution in [1.29, 1.82) is 0 Å². The van der Waals surface area contributed by atoms with Gasteiger partial charge in [-0.2, -0.15) is 0 Å². The fourth-order valence-electron chi connectivity index (χ4n) is 4.32. The summed E-state index contributed by atoms with van der Waals surface area (Å²) in [7, 11) is 0. The molecule has 31 heavy (non-hydrogen) atoms. The third-order valence-corrected chi connectivity index (χ3v) is 5.88. The lowest BCUT2D eigenvalue weighted by Gasteiger charge is -2.18. The molecule has 0 radical (unpaired) electrons. The largest absolute Gasteiger partial charge is 0.423 e. The second kappa shape index (κ2) is 8.21. The molecule has 0 fully saturated rings. The van der Waals surface area contributed by atoms with E-state index in [0.717, 1.165) is 21.7 Å². The molecule has 1 atom stereocenters. The molecule has 3 nitrogen and oxygen atoms in total. The van der Waals surface area contributed by atoms with Crippen LogP contribution in [0.15, 0.2) is 106 Å². The minimum Gasteiger partial charge on any atom is -0.423 e. The highest BCUT2D eigenvalue weighted by molar-refractivity contribution is 6.06. The Kier molecular flexibility index (Phi) is 5.11. The van der Waals surface area contributed by atoms with Crippen LogP contribution in [-0.4, -0.2) is 0 Å². The summed E-state index contributed by atoms with van der Waals surface area (Å²) in [6.07, 6.45) is 0. The highest BCUT2D eigenvalue weighted by Crippen LogP contribution is 2.27. The van der Waals surface area contributed by atoms with Gasteiger partial charge in [-0.15, -0.1) is 0 Å². The molecular weight excluding hydrogens is 382 g/mol. The van der Waals surface area contributed by atoms with E-state index in [-0.39, 0.29) is 11.7 Å². The van der Waals surface area contributed by atoms with Crippen LogP contribution in [0.3, 0.4) is 0 Å². The first-order valence-electron chi connectivity index (χ1n) is 10.6. The van der Waals surface area contributed by atoms with Crippen molar-refractivity contribution in [3.8, 4) is 0 Å². The van der Waals surface area contributed by atoms with Gasteiger partial charge in [0.05, 0.1) is 0 Å². The number of aryl methyl sites for hydroxylation is 1. The van der Waals surface area contributed by atoms with Crippen LogP contribution in [0, 0.1) is 6.92 Å². The van der Waals surface area contributed by atoms with Crippen LogP contribution < -0.4 is 10.9 Å². The summed E-state index contributed by atoms with van der Waals surface area (Å²) >= 11 is 0. The van der Waals surface area contributed by atoms with Crippen LogP contribution in [-0.2, 0) is 6.54 Å². The van der Waals surface area contributed by atoms with Crippen LogP contribution in [0.2, 0.25) is 0 Å². The normalized spacial score (nSPS) is 12.3. The van der Waals surface area contributed by atoms with Gasteiger partial charge < -0.3 is 9.73 Å². The molecule has 152 valence electrons. The second-order valence-corrected chi connectivity index (χ2v) is 7.99. The molecule has 0 amide bonds. The Morgan fingerprint density at radius 3 is 2.32 bits per heavy atom. The van der Waals surface area contributed by atoms with Crippen molar-refractivity contribution in [3.05, 3.63) is 130 Å². The second-order valence-electron chi connectivity index (χ2n) is 7.99. The van der Waals surface area contributed by atoms with E-state index in [1.54, 1.807) is 6.07 Å². The van der Waals surface area contributed by atoms with Gasteiger partial charge in [0.1, 0.15) is 18.2 Å². The zero-order chi connectivity index (χ0) is 21.2. The number of hydrogen-bond donors (Lipinski definition) is 1. The molecule has 0 saturated heterocycles. The summed E-state index contributed by atoms with van der Waals surface area (Å²) in [5, 5.41) is 5.57. The van der Waals surface area contributed by atoms with Crippen LogP contribution in [0.25, 0.3) is 21.7 Å². The van der Waals surface area contributed by atoms with Gasteiger partial charge in [-0.3, -0.25) is 0 Å². The summed E-state index contributed by atoms with van der Waals surface area (Å²) in [4.78, 5) is 12.3. The Morgan fingerprint density at radius 1 is 0.806 bits per heavy atom. The Balaban J connectivity index is 1.58. The summed E-state index contributed by atoms with van der Waals surface area (Å²) < 4.78 is 5.53. The van der Waals surface area contributed by atoms with Gasteiger partial charge in [-0.1, -0.05) is 90.5 Å². The number of nitrogens with two attached hydrogens (primary N) is 1. The molecule has 1 heterocycles. The van der Waals surface area contributed by atoms with Gasteiger partial charge in [0.25, 0.3) is 0 Å². The van der Waals surface area contributed by atoms with Gasteiger partial charge in [-0.05, 0) is 23.8 Å². The molecule has 0 bridgehead atoms. The van der Waals surface area contributed by atoms with Crippen LogP contribution in [0.4, 0.5) is 0 Å². The molecule has 0 aliphatic carbocycles. The number of rotatable bonds is 5. The fraction of sp³-hybridized carbons (Fsp3) is 0.107. The lowest BCUT2D eigenvalue weighted by Crippen LogP contribution is -2.84. The van der Waals surface area contributed by atoms with Crippen molar-refractivity contribution in [2.45, 2.75) is 19.5 Å². The quantitative estimate of drug-likeness (QED) is 0.326. The van der Waals surface area contributed by atoms with Crippen LogP contribution in [0.1, 0.15) is 28.3 Å². The maximum absolute atomic E-state index is 12.3. The third-order valence-electron chi connectivity index (χ3n) is 5.88. The standard InChI is InChI=1S/C28H23NO2/c1-19-11-13-22(14-12-19)28(21-8-3-2-4-9-21)29-18-23-17-26(30)31-25-16-15-20-7-5-6-10-24(20)27(23)25/h2-17,28-29H,18H2,1H3/p+1/t28-/m1/s1. The maximum Gasteiger partial charge on any atom is 0.336 e. The van der Waals surface area contributed by atoms with Gasteiger partial charge in [0.2, 0.25) is 0 Å². The zero-order valence-corrected chi connectivity index (χ0v) is 17.4. The molecule has 0 aliphatic heterocycles. The van der Waals surface area contributed by atoms with E-state index in [1.807, 2.05) is 30.3 Å². The summed E-state index contributed by atoms with van der Waals surface area (Å²) in [6, 6.07) is 33.1. The van der Waals surface area contributed by atoms with E-state index >= 15 is 0 Å². The van der Waals surface area contributed by atoms with Gasteiger partial charge >= 0.3 is 5.63 Å². The molecule has 0 saturated carbocycles. The number of quaternary nitrogens is 1. The highest BCUT2D eigenvalue weighted by atomic mass is 16.4. The van der Waals surface area contributed by atoms with Crippen LogP contribution in [0.5, 0.6) is 0 Å². The molecule has 3 heteroatoms. The van der Waals surface area contributed by atoms with E-state index in [9.17, 15) is 4.79 Å². The molecule has 0 spiro atoms. The van der Waals surface area contributed by atoms with Crippen molar-refractivity contribution in [1.82, 2.24) is 0 Å². The minimum atomic E-state index is -0.308. The predicted octanol–water partition coefficient (Wildman–Crippen LogP) is 5.11. The van der Waals surface area contributed by atoms with Crippen molar-refractivity contribution >= 4 is 21.7 Å². The van der Waals surface area contributed by atoms with Gasteiger partial charge in [-0.25, -0.2) is 4.79 Å². The Labute approximate surface area is 181 Å². The lowest BCUT2D eigenvalue weighted by atomic mass is 9.97. The monoisotopic (exact) mass is 406 g/mol. The smallest absolute Gasteiger partial charge is 0.336 e. The average Bonchev–Trinajstić information content (AvgIpc) is 2.80. The average molecular weight is 407 g/mol. The maximum atomic E-state index is 12.3. The summed E-state index contributed by atoms with van der Waals surface area (Å²) in [6.45, 7) is 2.77. The summed E-state index contributed by atoms with van der Waals surface area (Å²) in [5.41, 5.74) is 5.06. The lowest BCUT2D eigenvalue weighted by molar-refractivity contribution is -0.702. The molecule has 5 rings (SSSR count). The highest BCUT2D eigenvalue weighted by Gasteiger charge is 2.19. The summed E-state index contributed by atoms with van der Waals surface area (Å²) in [5.74, 6) is 0. The van der Waals surface area contributed by atoms with Crippen molar-refractivity contribution < 1.29 is 9.73 Å².